The Kier molecular flexibility index (Phi) is 5.56. The molecule has 0 N–H and O–H groups in total. The van der Waals surface area contributed by atoms with Gasteiger partial charge in [-0.2, -0.15) is 0 Å². The first-order valence-corrected chi connectivity index (χ1v) is 10.1. The van der Waals surface area contributed by atoms with E-state index in [1.807, 2.05) is 0 Å². The van der Waals surface area contributed by atoms with E-state index in [1.54, 1.807) is 0 Å². The quantitative estimate of drug-likeness (QED) is 0.584. The summed E-state index contributed by atoms with van der Waals surface area (Å²) in [5, 5.41) is 0. The van der Waals surface area contributed by atoms with Crippen LogP contribution in [0.15, 0.2) is 54.6 Å². The molecule has 2 aromatic carbocycles. The number of aryl methyl sites for hydroxylation is 1. The van der Waals surface area contributed by atoms with Crippen molar-refractivity contribution in [1.29, 1.82) is 0 Å². The highest BCUT2D eigenvalue weighted by molar-refractivity contribution is 6.48. The first-order chi connectivity index (χ1) is 12.6. The van der Waals surface area contributed by atoms with Gasteiger partial charge in [0.2, 0.25) is 0 Å². The van der Waals surface area contributed by atoms with Crippen molar-refractivity contribution in [1.82, 2.24) is 0 Å². The Balaban J connectivity index is 2.07. The van der Waals surface area contributed by atoms with Crippen molar-refractivity contribution >= 4 is 7.12 Å². The molecule has 1 fully saturated rings. The molecule has 0 spiro atoms. The van der Waals surface area contributed by atoms with Crippen LogP contribution in [0.4, 0.5) is 0 Å². The minimum atomic E-state index is -0.320. The molecule has 2 aromatic rings. The van der Waals surface area contributed by atoms with Crippen molar-refractivity contribution in [2.24, 2.45) is 5.92 Å². The third-order valence-corrected chi connectivity index (χ3v) is 6.34. The van der Waals surface area contributed by atoms with Crippen LogP contribution in [0.1, 0.15) is 64.2 Å². The van der Waals surface area contributed by atoms with E-state index in [-0.39, 0.29) is 30.1 Å². The van der Waals surface area contributed by atoms with Gasteiger partial charge in [-0.15, -0.1) is 0 Å². The molecule has 3 rings (SSSR count). The molecule has 144 valence electrons. The molecule has 1 heterocycles. The van der Waals surface area contributed by atoms with E-state index < -0.39 is 0 Å². The summed E-state index contributed by atoms with van der Waals surface area (Å²) < 4.78 is 13.0. The molecule has 0 aromatic heterocycles. The summed E-state index contributed by atoms with van der Waals surface area (Å²) in [6.45, 7) is 15.2. The smallest absolute Gasteiger partial charge is 0.403 e. The summed E-state index contributed by atoms with van der Waals surface area (Å²) >= 11 is 0. The Morgan fingerprint density at radius 1 is 0.741 bits per heavy atom. The van der Waals surface area contributed by atoms with Gasteiger partial charge in [0, 0.05) is 11.7 Å². The summed E-state index contributed by atoms with van der Waals surface area (Å²) in [5.41, 5.74) is 3.27. The van der Waals surface area contributed by atoms with Crippen LogP contribution < -0.4 is 0 Å². The molecule has 0 amide bonds. The standard InChI is InChI=1S/C24H33BO2/c1-17(2)22(25-26-23(4,5)24(6,7)27-25)21(19-11-9-8-10-12-19)20-15-13-18(3)14-16-20/h8-17,21-22H,1-7H3/t21-,22+/m1/s1. The maximum atomic E-state index is 6.51. The van der Waals surface area contributed by atoms with Crippen LogP contribution in [0, 0.1) is 12.8 Å². The second kappa shape index (κ2) is 7.45. The molecule has 0 bridgehead atoms. The van der Waals surface area contributed by atoms with E-state index in [4.69, 9.17) is 9.31 Å². The van der Waals surface area contributed by atoms with Crippen LogP contribution >= 0.6 is 0 Å². The highest BCUT2D eigenvalue weighted by atomic mass is 16.7. The molecular formula is C24H33BO2. The first-order valence-electron chi connectivity index (χ1n) is 10.1. The summed E-state index contributed by atoms with van der Waals surface area (Å²) in [7, 11) is -0.235. The first kappa shape index (κ1) is 20.2. The molecule has 1 aliphatic heterocycles. The van der Waals surface area contributed by atoms with Crippen molar-refractivity contribution in [3.63, 3.8) is 0 Å². The molecular weight excluding hydrogens is 331 g/mol. The largest absolute Gasteiger partial charge is 0.462 e. The highest BCUT2D eigenvalue weighted by Crippen LogP contribution is 2.49. The summed E-state index contributed by atoms with van der Waals surface area (Å²) in [5.74, 6) is 0.851. The van der Waals surface area contributed by atoms with E-state index in [9.17, 15) is 0 Å². The van der Waals surface area contributed by atoms with Gasteiger partial charge < -0.3 is 9.31 Å². The van der Waals surface area contributed by atoms with Gasteiger partial charge in [0.1, 0.15) is 0 Å². The van der Waals surface area contributed by atoms with Crippen LogP contribution in [0.3, 0.4) is 0 Å². The number of rotatable bonds is 5. The highest BCUT2D eigenvalue weighted by Gasteiger charge is 2.55. The Morgan fingerprint density at radius 2 is 1.22 bits per heavy atom. The fourth-order valence-electron chi connectivity index (χ4n) is 3.97. The van der Waals surface area contributed by atoms with Crippen molar-refractivity contribution in [3.8, 4) is 0 Å². The number of benzene rings is 2. The van der Waals surface area contributed by atoms with Crippen molar-refractivity contribution in [2.45, 2.75) is 71.4 Å². The van der Waals surface area contributed by atoms with E-state index in [0.717, 1.165) is 0 Å². The zero-order valence-electron chi connectivity index (χ0n) is 17.8. The molecule has 2 atom stereocenters. The molecule has 0 unspecified atom stereocenters. The fraction of sp³-hybridized carbons (Fsp3) is 0.500. The molecule has 1 saturated heterocycles. The van der Waals surface area contributed by atoms with Crippen LogP contribution in [-0.2, 0) is 9.31 Å². The van der Waals surface area contributed by atoms with E-state index in [1.165, 1.54) is 16.7 Å². The van der Waals surface area contributed by atoms with Crippen LogP contribution in [0.5, 0.6) is 0 Å². The van der Waals surface area contributed by atoms with E-state index in [0.29, 0.717) is 5.92 Å². The Morgan fingerprint density at radius 3 is 1.70 bits per heavy atom. The summed E-state index contributed by atoms with van der Waals surface area (Å²) in [6, 6.07) is 19.7. The lowest BCUT2D eigenvalue weighted by Crippen LogP contribution is -2.41. The van der Waals surface area contributed by atoms with Crippen molar-refractivity contribution in [3.05, 3.63) is 71.3 Å². The van der Waals surface area contributed by atoms with Crippen LogP contribution in [-0.4, -0.2) is 18.3 Å². The summed E-state index contributed by atoms with van der Waals surface area (Å²) in [6.07, 6.45) is 0. The molecule has 1 aliphatic rings. The van der Waals surface area contributed by atoms with Gasteiger partial charge in [0.05, 0.1) is 11.2 Å². The molecule has 2 nitrogen and oxygen atoms in total. The normalized spacial score (nSPS) is 20.7. The maximum Gasteiger partial charge on any atom is 0.462 e. The molecule has 27 heavy (non-hydrogen) atoms. The van der Waals surface area contributed by atoms with Crippen LogP contribution in [0.2, 0.25) is 5.82 Å². The zero-order chi connectivity index (χ0) is 19.8. The van der Waals surface area contributed by atoms with Crippen LogP contribution in [0.25, 0.3) is 0 Å². The molecule has 0 saturated carbocycles. The van der Waals surface area contributed by atoms with Gasteiger partial charge in [-0.3, -0.25) is 0 Å². The van der Waals surface area contributed by atoms with E-state index in [2.05, 4.69) is 103 Å². The second-order valence-electron chi connectivity index (χ2n) is 9.25. The van der Waals surface area contributed by atoms with Gasteiger partial charge >= 0.3 is 7.12 Å². The van der Waals surface area contributed by atoms with Gasteiger partial charge in [-0.25, -0.2) is 0 Å². The van der Waals surface area contributed by atoms with Gasteiger partial charge in [0.25, 0.3) is 0 Å². The average Bonchev–Trinajstić information content (AvgIpc) is 2.81. The maximum absolute atomic E-state index is 6.51. The second-order valence-corrected chi connectivity index (χ2v) is 9.25. The van der Waals surface area contributed by atoms with E-state index >= 15 is 0 Å². The van der Waals surface area contributed by atoms with Crippen molar-refractivity contribution in [2.75, 3.05) is 0 Å². The molecule has 0 radical (unpaired) electrons. The predicted octanol–water partition coefficient (Wildman–Crippen LogP) is 6.25. The summed E-state index contributed by atoms with van der Waals surface area (Å²) in [4.78, 5) is 0. The third-order valence-electron chi connectivity index (χ3n) is 6.34. The lowest BCUT2D eigenvalue weighted by atomic mass is 9.56. The van der Waals surface area contributed by atoms with Gasteiger partial charge in [-0.05, 0) is 51.7 Å². The lowest BCUT2D eigenvalue weighted by Gasteiger charge is -2.33. The zero-order valence-corrected chi connectivity index (χ0v) is 17.8. The van der Waals surface area contributed by atoms with Gasteiger partial charge in [0.15, 0.2) is 0 Å². The molecule has 0 aliphatic carbocycles. The Hall–Kier alpha value is -1.58. The van der Waals surface area contributed by atoms with Crippen molar-refractivity contribution < 1.29 is 9.31 Å². The Labute approximate surface area is 165 Å². The lowest BCUT2D eigenvalue weighted by molar-refractivity contribution is 0.00578. The fourth-order valence-corrected chi connectivity index (χ4v) is 3.97. The Bertz CT molecular complexity index is 734. The predicted molar refractivity (Wildman–Crippen MR) is 114 cm³/mol. The SMILES string of the molecule is Cc1ccc([C@@H](c2ccccc2)[C@@H](B2OC(C)(C)C(C)(C)O2)C(C)C)cc1. The number of hydrogen-bond donors (Lipinski definition) is 0. The minimum Gasteiger partial charge on any atom is -0.403 e. The topological polar surface area (TPSA) is 18.5 Å². The third kappa shape index (κ3) is 4.00. The minimum absolute atomic E-state index is 0.219. The average molecular weight is 364 g/mol. The monoisotopic (exact) mass is 364 g/mol. The van der Waals surface area contributed by atoms with Gasteiger partial charge in [-0.1, -0.05) is 74.0 Å². The number of hydrogen-bond acceptors (Lipinski definition) is 2. The molecule has 3 heteroatoms.